The Hall–Kier alpha value is -5.66. The Bertz CT molecular complexity index is 2010. The molecule has 1 aliphatic rings. The van der Waals surface area contributed by atoms with Crippen LogP contribution in [-0.2, 0) is 0 Å². The van der Waals surface area contributed by atoms with E-state index in [4.69, 9.17) is 0 Å². The van der Waals surface area contributed by atoms with Crippen LogP contribution in [0.3, 0.4) is 0 Å². The van der Waals surface area contributed by atoms with Gasteiger partial charge in [0, 0.05) is 0 Å². The number of aliphatic imine (C=N–C) groups is 2. The molecule has 0 aliphatic heterocycles. The summed E-state index contributed by atoms with van der Waals surface area (Å²) < 4.78 is 0. The van der Waals surface area contributed by atoms with Crippen LogP contribution < -0.4 is 31.8 Å². The highest BCUT2D eigenvalue weighted by molar-refractivity contribution is 7.80. The summed E-state index contributed by atoms with van der Waals surface area (Å²) in [5.41, 5.74) is 1.73. The molecule has 240 valence electrons. The number of benzene rings is 6. The maximum atomic E-state index is 14.1. The van der Waals surface area contributed by atoms with Crippen molar-refractivity contribution in [3.63, 3.8) is 0 Å². The second-order valence-electron chi connectivity index (χ2n) is 11.4. The van der Waals surface area contributed by atoms with E-state index in [0.29, 0.717) is 22.6 Å². The average molecular weight is 683 g/mol. The van der Waals surface area contributed by atoms with Crippen LogP contribution in [0.5, 0.6) is 0 Å². The molecule has 0 bridgehead atoms. The van der Waals surface area contributed by atoms with Gasteiger partial charge in [-0.3, -0.25) is 9.59 Å². The molecule has 0 atom stereocenters. The molecule has 6 aromatic carbocycles. The number of carbonyl (C=O) groups excluding carboxylic acids is 2. The number of nitrogens with zero attached hydrogens (tertiary/aromatic N) is 2. The zero-order chi connectivity index (χ0) is 34.1. The molecule has 0 fully saturated rings. The zero-order valence-corrected chi connectivity index (χ0v) is 28.9. The minimum absolute atomic E-state index is 0.343. The lowest BCUT2D eigenvalue weighted by molar-refractivity contribution is 0.0994. The fourth-order valence-electron chi connectivity index (χ4n) is 5.85. The predicted octanol–water partition coefficient (Wildman–Crippen LogP) is 7.19. The first-order chi connectivity index (χ1) is 24.7. The molecule has 2 amide bonds. The third-order valence-corrected chi connectivity index (χ3v) is 13.1. The second kappa shape index (κ2) is 15.7. The number of amides is 2. The van der Waals surface area contributed by atoms with Crippen molar-refractivity contribution in [2.45, 2.75) is 0 Å². The Morgan fingerprint density at radius 2 is 0.640 bits per heavy atom. The molecule has 0 spiro atoms. The van der Waals surface area contributed by atoms with Gasteiger partial charge >= 0.3 is 0 Å². The summed E-state index contributed by atoms with van der Waals surface area (Å²) in [5.74, 6) is -0.765. The number of hydrogen-bond donors (Lipinski definition) is 0. The molecule has 7 rings (SSSR count). The van der Waals surface area contributed by atoms with E-state index in [0.717, 1.165) is 31.8 Å². The molecule has 0 saturated heterocycles. The highest BCUT2D eigenvalue weighted by atomic mass is 31.1. The first-order valence-electron chi connectivity index (χ1n) is 16.3. The molecule has 6 heteroatoms. The summed E-state index contributed by atoms with van der Waals surface area (Å²) in [4.78, 5) is 37.4. The van der Waals surface area contributed by atoms with E-state index in [-0.39, 0.29) is 11.8 Å². The van der Waals surface area contributed by atoms with E-state index < -0.39 is 15.8 Å². The predicted molar refractivity (Wildman–Crippen MR) is 212 cm³/mol. The minimum atomic E-state index is -1.03. The average Bonchev–Trinajstić information content (AvgIpc) is 3.18. The van der Waals surface area contributed by atoms with Crippen molar-refractivity contribution >= 4 is 70.9 Å². The number of rotatable bonds is 8. The highest BCUT2D eigenvalue weighted by Crippen LogP contribution is 2.35. The molecule has 0 unspecified atom stereocenters. The summed E-state index contributed by atoms with van der Waals surface area (Å²) >= 11 is 0. The lowest BCUT2D eigenvalue weighted by atomic mass is 10.1. The summed E-state index contributed by atoms with van der Waals surface area (Å²) in [7, 11) is -2.06. The van der Waals surface area contributed by atoms with Gasteiger partial charge < -0.3 is 0 Å². The molecule has 0 aromatic heterocycles. The van der Waals surface area contributed by atoms with Crippen molar-refractivity contribution < 1.29 is 9.59 Å². The van der Waals surface area contributed by atoms with Gasteiger partial charge in [-0.25, -0.2) is 9.98 Å². The normalized spacial score (nSPS) is 14.0. The van der Waals surface area contributed by atoms with Crippen molar-refractivity contribution in [2.75, 3.05) is 0 Å². The third-order valence-electron chi connectivity index (χ3n) is 8.13. The summed E-state index contributed by atoms with van der Waals surface area (Å²) in [6.45, 7) is 0. The van der Waals surface area contributed by atoms with Crippen LogP contribution in [0.2, 0.25) is 0 Å². The molecule has 0 saturated carbocycles. The van der Waals surface area contributed by atoms with Crippen molar-refractivity contribution in [3.8, 4) is 0 Å². The third kappa shape index (κ3) is 7.33. The Morgan fingerprint density at radius 1 is 0.360 bits per heavy atom. The number of hydrogen-bond acceptors (Lipinski definition) is 2. The van der Waals surface area contributed by atoms with Crippen LogP contribution in [0, 0.1) is 0 Å². The molecule has 0 radical (unpaired) electrons. The zero-order valence-electron chi connectivity index (χ0n) is 27.1. The van der Waals surface area contributed by atoms with E-state index in [1.54, 1.807) is 24.3 Å². The van der Waals surface area contributed by atoms with Gasteiger partial charge in [0.1, 0.15) is 0 Å². The first-order valence-corrected chi connectivity index (χ1v) is 19.0. The molecule has 1 aliphatic carbocycles. The summed E-state index contributed by atoms with van der Waals surface area (Å²) in [6, 6.07) is 56.4. The van der Waals surface area contributed by atoms with Gasteiger partial charge in [-0.1, -0.05) is 170 Å². The van der Waals surface area contributed by atoms with Gasteiger partial charge in [0.25, 0.3) is 11.8 Å². The molecular weight excluding hydrogens is 650 g/mol. The van der Waals surface area contributed by atoms with Gasteiger partial charge in [0.05, 0.1) is 22.6 Å². The molecule has 4 nitrogen and oxygen atoms in total. The fraction of sp³-hybridized carbons (Fsp3) is 0. The van der Waals surface area contributed by atoms with Crippen molar-refractivity contribution in [2.24, 2.45) is 9.98 Å². The topological polar surface area (TPSA) is 58.9 Å². The Kier molecular flexibility index (Phi) is 10.3. The lowest BCUT2D eigenvalue weighted by Gasteiger charge is -2.21. The molecular formula is C44H32N2O2P2. The molecule has 0 N–H and O–H groups in total. The van der Waals surface area contributed by atoms with Crippen molar-refractivity contribution in [1.82, 2.24) is 0 Å². The van der Waals surface area contributed by atoms with Crippen LogP contribution in [0.4, 0.5) is 0 Å². The van der Waals surface area contributed by atoms with Gasteiger partial charge in [-0.05, 0) is 72.0 Å². The van der Waals surface area contributed by atoms with E-state index in [9.17, 15) is 9.59 Å². The highest BCUT2D eigenvalue weighted by Gasteiger charge is 2.25. The minimum Gasteiger partial charge on any atom is -0.267 e. The first kappa shape index (κ1) is 32.9. The van der Waals surface area contributed by atoms with Crippen LogP contribution in [0.15, 0.2) is 204 Å². The Balaban J connectivity index is 1.25. The van der Waals surface area contributed by atoms with Crippen molar-refractivity contribution in [1.29, 1.82) is 0 Å². The Morgan fingerprint density at radius 3 is 0.960 bits per heavy atom. The number of carbonyl (C=O) groups is 2. The quantitative estimate of drug-likeness (QED) is 0.126. The monoisotopic (exact) mass is 682 g/mol. The lowest BCUT2D eigenvalue weighted by Crippen LogP contribution is -2.26. The van der Waals surface area contributed by atoms with Gasteiger partial charge in [0.15, 0.2) is 0 Å². The Labute approximate surface area is 294 Å². The second-order valence-corrected chi connectivity index (χ2v) is 15.7. The number of allylic oxidation sites excluding steroid dienone is 4. The van der Waals surface area contributed by atoms with E-state index in [1.807, 2.05) is 121 Å². The summed E-state index contributed by atoms with van der Waals surface area (Å²) in [6.07, 6.45) is 7.08. The SMILES string of the molecule is O=C(N=C1C=CC=CC1=NC(=O)c1ccccc1P(c1ccccc1)c1ccccc1)c1ccccc1P(c1ccccc1)c1ccccc1. The van der Waals surface area contributed by atoms with E-state index >= 15 is 0 Å². The van der Waals surface area contributed by atoms with Crippen LogP contribution in [0.1, 0.15) is 20.7 Å². The largest absolute Gasteiger partial charge is 0.278 e. The van der Waals surface area contributed by atoms with Crippen LogP contribution >= 0.6 is 15.8 Å². The van der Waals surface area contributed by atoms with Gasteiger partial charge in [-0.2, -0.15) is 0 Å². The molecule has 6 aromatic rings. The van der Waals surface area contributed by atoms with E-state index in [2.05, 4.69) is 58.5 Å². The maximum absolute atomic E-state index is 14.1. The van der Waals surface area contributed by atoms with Gasteiger partial charge in [0.2, 0.25) is 0 Å². The fourth-order valence-corrected chi connectivity index (χ4v) is 10.7. The molecule has 0 heterocycles. The van der Waals surface area contributed by atoms with E-state index in [1.165, 1.54) is 0 Å². The molecule has 50 heavy (non-hydrogen) atoms. The smallest absolute Gasteiger partial charge is 0.267 e. The van der Waals surface area contributed by atoms with Crippen LogP contribution in [0.25, 0.3) is 0 Å². The summed E-state index contributed by atoms with van der Waals surface area (Å²) in [5, 5.41) is 6.39. The maximum Gasteiger partial charge on any atom is 0.278 e. The van der Waals surface area contributed by atoms with Gasteiger partial charge in [-0.15, -0.1) is 0 Å². The van der Waals surface area contributed by atoms with Crippen LogP contribution in [-0.4, -0.2) is 23.2 Å². The standard InChI is InChI=1S/C44H32N2O2P2/c47-43(37-27-13-17-31-41(37)49(33-19-5-1-6-20-33)34-21-7-2-8-22-34)45-39-29-15-16-30-40(39)46-44(48)38-28-14-18-32-42(38)50(35-23-9-3-10-24-35)36-25-11-4-12-26-36/h1-32H. The van der Waals surface area contributed by atoms with Crippen molar-refractivity contribution in [3.05, 3.63) is 205 Å².